The minimum Gasteiger partial charge on any atom is -0.464 e. The third-order valence-electron chi connectivity index (χ3n) is 1.45. The van der Waals surface area contributed by atoms with Crippen LogP contribution in [0.1, 0.15) is 6.92 Å². The normalized spacial score (nSPS) is 13.6. The molecule has 14 heavy (non-hydrogen) atoms. The van der Waals surface area contributed by atoms with E-state index < -0.39 is 16.3 Å². The largest absolute Gasteiger partial charge is 0.464 e. The van der Waals surface area contributed by atoms with Crippen LogP contribution in [0, 0.1) is 0 Å². The van der Waals surface area contributed by atoms with E-state index in [1.165, 1.54) is 25.1 Å². The molecule has 0 aliphatic heterocycles. The molecule has 3 N–H and O–H groups in total. The molecule has 0 spiro atoms. The predicted molar refractivity (Wildman–Crippen MR) is 50.1 cm³/mol. The van der Waals surface area contributed by atoms with E-state index in [2.05, 4.69) is 0 Å². The molecule has 78 valence electrons. The Morgan fingerprint density at radius 2 is 2.00 bits per heavy atom. The molecule has 0 heterocycles. The van der Waals surface area contributed by atoms with Crippen molar-refractivity contribution in [1.82, 2.24) is 0 Å². The molecule has 0 radical (unpaired) electrons. The van der Waals surface area contributed by atoms with Gasteiger partial charge in [0.05, 0.1) is 0 Å². The predicted octanol–water partition coefficient (Wildman–Crippen LogP) is 0.0511. The fraction of sp³-hybridized carbons (Fsp3) is 0.250. The summed E-state index contributed by atoms with van der Waals surface area (Å²) in [6.07, 6.45) is -1.09. The molecule has 6 heteroatoms. The van der Waals surface area contributed by atoms with Crippen molar-refractivity contribution >= 4 is 10.0 Å². The van der Waals surface area contributed by atoms with Gasteiger partial charge in [0.2, 0.25) is 10.0 Å². The lowest BCUT2D eigenvalue weighted by atomic mass is 10.3. The second kappa shape index (κ2) is 3.95. The highest BCUT2D eigenvalue weighted by atomic mass is 32.2. The number of aliphatic hydroxyl groups excluding tert-OH is 1. The minimum atomic E-state index is -3.82. The smallest absolute Gasteiger partial charge is 0.241 e. The highest BCUT2D eigenvalue weighted by molar-refractivity contribution is 7.89. The van der Waals surface area contributed by atoms with Crippen molar-refractivity contribution in [2.45, 2.75) is 18.1 Å². The Morgan fingerprint density at radius 3 is 2.50 bits per heavy atom. The van der Waals surface area contributed by atoms with E-state index in [9.17, 15) is 8.42 Å². The number of benzene rings is 1. The summed E-state index contributed by atoms with van der Waals surface area (Å²) in [4.78, 5) is -0.138. The van der Waals surface area contributed by atoms with E-state index in [1.54, 1.807) is 6.07 Å². The van der Waals surface area contributed by atoms with Gasteiger partial charge in [-0.3, -0.25) is 0 Å². The molecule has 0 fully saturated rings. The summed E-state index contributed by atoms with van der Waals surface area (Å²) >= 11 is 0. The summed E-state index contributed by atoms with van der Waals surface area (Å²) in [5, 5.41) is 13.9. The maximum absolute atomic E-state index is 11.1. The average Bonchev–Trinajstić information content (AvgIpc) is 2.01. The van der Waals surface area contributed by atoms with Gasteiger partial charge in [-0.2, -0.15) is 0 Å². The molecular formula is C8H11NO4S. The van der Waals surface area contributed by atoms with Crippen molar-refractivity contribution in [2.24, 2.45) is 5.14 Å². The number of hydrogen-bond donors (Lipinski definition) is 2. The number of sulfonamides is 1. The van der Waals surface area contributed by atoms with Crippen LogP contribution in [-0.4, -0.2) is 19.8 Å². The summed E-state index contributed by atoms with van der Waals surface area (Å²) in [6, 6.07) is 5.85. The second-order valence-electron chi connectivity index (χ2n) is 2.71. The van der Waals surface area contributed by atoms with Crippen LogP contribution >= 0.6 is 0 Å². The second-order valence-corrected chi connectivity index (χ2v) is 4.24. The van der Waals surface area contributed by atoms with E-state index in [4.69, 9.17) is 15.0 Å². The Kier molecular flexibility index (Phi) is 3.10. The molecule has 1 rings (SSSR count). The van der Waals surface area contributed by atoms with Gasteiger partial charge in [-0.1, -0.05) is 12.1 Å². The summed E-state index contributed by atoms with van der Waals surface area (Å²) in [5.41, 5.74) is 0. The molecule has 0 amide bonds. The van der Waals surface area contributed by atoms with E-state index in [0.29, 0.717) is 0 Å². The topological polar surface area (TPSA) is 89.6 Å². The SMILES string of the molecule is CC(O)Oc1ccccc1S(N)(=O)=O. The van der Waals surface area contributed by atoms with E-state index in [-0.39, 0.29) is 10.6 Å². The van der Waals surface area contributed by atoms with Gasteiger partial charge in [0.1, 0.15) is 10.6 Å². The Balaban J connectivity index is 3.17. The van der Waals surface area contributed by atoms with Crippen LogP contribution in [0.25, 0.3) is 0 Å². The highest BCUT2D eigenvalue weighted by Gasteiger charge is 2.15. The monoisotopic (exact) mass is 217 g/mol. The van der Waals surface area contributed by atoms with Gasteiger partial charge in [0.15, 0.2) is 6.29 Å². The van der Waals surface area contributed by atoms with Gasteiger partial charge in [-0.05, 0) is 19.1 Å². The third kappa shape index (κ3) is 2.69. The number of hydrogen-bond acceptors (Lipinski definition) is 4. The van der Waals surface area contributed by atoms with Crippen molar-refractivity contribution in [1.29, 1.82) is 0 Å². The number of primary sulfonamides is 1. The van der Waals surface area contributed by atoms with Crippen molar-refractivity contribution in [3.8, 4) is 5.75 Å². The first-order chi connectivity index (χ1) is 6.41. The van der Waals surface area contributed by atoms with Crippen LogP contribution in [0.15, 0.2) is 29.2 Å². The maximum atomic E-state index is 11.1. The quantitative estimate of drug-likeness (QED) is 0.700. The van der Waals surface area contributed by atoms with Crippen LogP contribution in [0.5, 0.6) is 5.75 Å². The molecule has 1 unspecified atom stereocenters. The molecule has 0 aromatic heterocycles. The average molecular weight is 217 g/mol. The Bertz CT molecular complexity index is 413. The number of rotatable bonds is 3. The summed E-state index contributed by atoms with van der Waals surface area (Å²) in [7, 11) is -3.82. The number of para-hydroxylation sites is 1. The molecule has 0 saturated heterocycles. The summed E-state index contributed by atoms with van der Waals surface area (Å²) < 4.78 is 27.0. The molecule has 0 aliphatic carbocycles. The molecule has 1 aromatic rings. The number of aliphatic hydroxyl groups is 1. The first-order valence-corrected chi connectivity index (χ1v) is 5.42. The van der Waals surface area contributed by atoms with Crippen molar-refractivity contribution in [3.63, 3.8) is 0 Å². The van der Waals surface area contributed by atoms with E-state index >= 15 is 0 Å². The Morgan fingerprint density at radius 1 is 1.43 bits per heavy atom. The van der Waals surface area contributed by atoms with Crippen LogP contribution in [0.2, 0.25) is 0 Å². The molecular weight excluding hydrogens is 206 g/mol. The zero-order valence-electron chi connectivity index (χ0n) is 7.54. The molecule has 5 nitrogen and oxygen atoms in total. The van der Waals surface area contributed by atoms with Gasteiger partial charge in [-0.15, -0.1) is 0 Å². The van der Waals surface area contributed by atoms with Crippen LogP contribution in [-0.2, 0) is 10.0 Å². The molecule has 0 bridgehead atoms. The first kappa shape index (κ1) is 11.0. The van der Waals surface area contributed by atoms with Gasteiger partial charge in [0.25, 0.3) is 0 Å². The Hall–Kier alpha value is -1.11. The number of ether oxygens (including phenoxy) is 1. The fourth-order valence-corrected chi connectivity index (χ4v) is 1.63. The van der Waals surface area contributed by atoms with Gasteiger partial charge in [0, 0.05) is 0 Å². The molecule has 1 aromatic carbocycles. The maximum Gasteiger partial charge on any atom is 0.241 e. The zero-order chi connectivity index (χ0) is 10.8. The summed E-state index contributed by atoms with van der Waals surface area (Å²) in [6.45, 7) is 1.37. The van der Waals surface area contributed by atoms with Gasteiger partial charge < -0.3 is 9.84 Å². The summed E-state index contributed by atoms with van der Waals surface area (Å²) in [5.74, 6) is 0.0463. The fourth-order valence-electron chi connectivity index (χ4n) is 0.966. The molecule has 0 saturated carbocycles. The molecule has 0 aliphatic rings. The van der Waals surface area contributed by atoms with Crippen molar-refractivity contribution in [2.75, 3.05) is 0 Å². The lowest BCUT2D eigenvalue weighted by molar-refractivity contribution is -0.00243. The highest BCUT2D eigenvalue weighted by Crippen LogP contribution is 2.22. The minimum absolute atomic E-state index is 0.0463. The van der Waals surface area contributed by atoms with Gasteiger partial charge >= 0.3 is 0 Å². The Labute approximate surface area is 82.2 Å². The van der Waals surface area contributed by atoms with Crippen molar-refractivity contribution < 1.29 is 18.3 Å². The van der Waals surface area contributed by atoms with Crippen LogP contribution < -0.4 is 9.88 Å². The first-order valence-electron chi connectivity index (χ1n) is 3.88. The van der Waals surface area contributed by atoms with Gasteiger partial charge in [-0.25, -0.2) is 13.6 Å². The molecule has 1 atom stereocenters. The lowest BCUT2D eigenvalue weighted by Crippen LogP contribution is -2.16. The zero-order valence-corrected chi connectivity index (χ0v) is 8.36. The third-order valence-corrected chi connectivity index (χ3v) is 2.40. The standard InChI is InChI=1S/C8H11NO4S/c1-6(10)13-7-4-2-3-5-8(7)14(9,11)12/h2-6,10H,1H3,(H2,9,11,12). The van der Waals surface area contributed by atoms with Crippen LogP contribution in [0.4, 0.5) is 0 Å². The van der Waals surface area contributed by atoms with E-state index in [1.807, 2.05) is 0 Å². The van der Waals surface area contributed by atoms with Crippen LogP contribution in [0.3, 0.4) is 0 Å². The van der Waals surface area contributed by atoms with E-state index in [0.717, 1.165) is 0 Å². The van der Waals surface area contributed by atoms with Crippen molar-refractivity contribution in [3.05, 3.63) is 24.3 Å². The number of nitrogens with two attached hydrogens (primary N) is 1. The lowest BCUT2D eigenvalue weighted by Gasteiger charge is -2.11.